The molecule has 0 atom stereocenters. The zero-order valence-electron chi connectivity index (χ0n) is 7.35. The second kappa shape index (κ2) is 3.13. The molecule has 0 aliphatic heterocycles. The first-order chi connectivity index (χ1) is 5.04. The summed E-state index contributed by atoms with van der Waals surface area (Å²) in [5, 5.41) is 4.41. The van der Waals surface area contributed by atoms with Crippen molar-refractivity contribution in [1.82, 2.24) is 9.78 Å². The van der Waals surface area contributed by atoms with Crippen LogP contribution >= 0.6 is 22.6 Å². The fourth-order valence-corrected chi connectivity index (χ4v) is 1.69. The maximum Gasteiger partial charge on any atom is 0.126 e. The van der Waals surface area contributed by atoms with Crippen molar-refractivity contribution in [2.75, 3.05) is 0 Å². The second-order valence-electron chi connectivity index (χ2n) is 3.04. The molecule has 0 radical (unpaired) electrons. The third-order valence-corrected chi connectivity index (χ3v) is 2.91. The highest BCUT2D eigenvalue weighted by Crippen LogP contribution is 2.17. The van der Waals surface area contributed by atoms with Crippen molar-refractivity contribution in [1.29, 1.82) is 0 Å². The van der Waals surface area contributed by atoms with Crippen LogP contribution in [0.5, 0.6) is 0 Å². The lowest BCUT2D eigenvalue weighted by molar-refractivity contribution is 0.516. The third kappa shape index (κ3) is 1.58. The van der Waals surface area contributed by atoms with Crippen LogP contribution < -0.4 is 0 Å². The Kier molecular flexibility index (Phi) is 2.57. The van der Waals surface area contributed by atoms with Crippen molar-refractivity contribution in [3.63, 3.8) is 0 Å². The van der Waals surface area contributed by atoms with Gasteiger partial charge >= 0.3 is 0 Å². The van der Waals surface area contributed by atoms with Gasteiger partial charge in [0.15, 0.2) is 0 Å². The molecule has 62 valence electrons. The van der Waals surface area contributed by atoms with E-state index in [1.54, 1.807) is 0 Å². The number of hydrogen-bond acceptors (Lipinski definition) is 1. The quantitative estimate of drug-likeness (QED) is 0.713. The molecule has 1 rings (SSSR count). The molecule has 0 spiro atoms. The van der Waals surface area contributed by atoms with Crippen molar-refractivity contribution in [3.8, 4) is 0 Å². The summed E-state index contributed by atoms with van der Waals surface area (Å²) in [5.41, 5.74) is 2.59. The normalized spacial score (nSPS) is 11.1. The SMILES string of the molecule is Cc1c(I)nn(C(C)C)c1C. The minimum Gasteiger partial charge on any atom is -0.266 e. The standard InChI is InChI=1S/C8H13IN2/c1-5(2)11-7(4)6(3)8(9)10-11/h5H,1-4H3. The highest BCUT2D eigenvalue weighted by Gasteiger charge is 2.09. The van der Waals surface area contributed by atoms with Crippen LogP contribution in [0.25, 0.3) is 0 Å². The predicted octanol–water partition coefficient (Wildman–Crippen LogP) is 2.69. The van der Waals surface area contributed by atoms with E-state index < -0.39 is 0 Å². The smallest absolute Gasteiger partial charge is 0.126 e. The van der Waals surface area contributed by atoms with E-state index in [1.165, 1.54) is 11.3 Å². The van der Waals surface area contributed by atoms with E-state index in [0.29, 0.717) is 6.04 Å². The Morgan fingerprint density at radius 1 is 1.36 bits per heavy atom. The first-order valence-electron chi connectivity index (χ1n) is 3.75. The summed E-state index contributed by atoms with van der Waals surface area (Å²) in [6.45, 7) is 8.53. The molecule has 2 nitrogen and oxygen atoms in total. The zero-order chi connectivity index (χ0) is 8.59. The predicted molar refractivity (Wildman–Crippen MR) is 54.8 cm³/mol. The first-order valence-corrected chi connectivity index (χ1v) is 4.83. The second-order valence-corrected chi connectivity index (χ2v) is 4.06. The van der Waals surface area contributed by atoms with Crippen LogP contribution in [0.1, 0.15) is 31.1 Å². The zero-order valence-corrected chi connectivity index (χ0v) is 9.51. The Balaban J connectivity index is 3.19. The van der Waals surface area contributed by atoms with Crippen LogP contribution in [-0.4, -0.2) is 9.78 Å². The van der Waals surface area contributed by atoms with Crippen LogP contribution in [0.3, 0.4) is 0 Å². The van der Waals surface area contributed by atoms with Gasteiger partial charge in [-0.1, -0.05) is 0 Å². The largest absolute Gasteiger partial charge is 0.266 e. The molecule has 1 heterocycles. The van der Waals surface area contributed by atoms with Gasteiger partial charge in [-0.2, -0.15) is 5.10 Å². The van der Waals surface area contributed by atoms with Gasteiger partial charge in [0, 0.05) is 17.3 Å². The third-order valence-electron chi connectivity index (χ3n) is 1.88. The van der Waals surface area contributed by atoms with Gasteiger partial charge in [-0.25, -0.2) is 0 Å². The summed E-state index contributed by atoms with van der Waals surface area (Å²) < 4.78 is 3.19. The monoisotopic (exact) mass is 264 g/mol. The van der Waals surface area contributed by atoms with E-state index in [2.05, 4.69) is 60.1 Å². The minimum atomic E-state index is 0.470. The molecule has 0 bridgehead atoms. The van der Waals surface area contributed by atoms with Gasteiger partial charge in [0.2, 0.25) is 0 Å². The van der Waals surface area contributed by atoms with E-state index in [9.17, 15) is 0 Å². The van der Waals surface area contributed by atoms with E-state index in [1.807, 2.05) is 0 Å². The summed E-state index contributed by atoms with van der Waals surface area (Å²) in [7, 11) is 0. The van der Waals surface area contributed by atoms with Gasteiger partial charge < -0.3 is 0 Å². The topological polar surface area (TPSA) is 17.8 Å². The molecule has 11 heavy (non-hydrogen) atoms. The molecular formula is C8H13IN2. The highest BCUT2D eigenvalue weighted by molar-refractivity contribution is 14.1. The Morgan fingerprint density at radius 2 is 1.91 bits per heavy atom. The summed E-state index contributed by atoms with van der Waals surface area (Å²) in [6, 6.07) is 0.470. The van der Waals surface area contributed by atoms with E-state index >= 15 is 0 Å². The fraction of sp³-hybridized carbons (Fsp3) is 0.625. The summed E-state index contributed by atoms with van der Waals surface area (Å²) in [4.78, 5) is 0. The fourth-order valence-electron chi connectivity index (χ4n) is 1.07. The number of aromatic nitrogens is 2. The molecule has 0 aliphatic rings. The molecule has 1 aromatic rings. The minimum absolute atomic E-state index is 0.470. The van der Waals surface area contributed by atoms with Crippen LogP contribution in [0.4, 0.5) is 0 Å². The van der Waals surface area contributed by atoms with Crippen molar-refractivity contribution in [2.24, 2.45) is 0 Å². The van der Waals surface area contributed by atoms with Crippen LogP contribution in [0.15, 0.2) is 0 Å². The number of hydrogen-bond donors (Lipinski definition) is 0. The van der Waals surface area contributed by atoms with Gasteiger partial charge in [-0.05, 0) is 50.3 Å². The molecule has 0 fully saturated rings. The van der Waals surface area contributed by atoms with E-state index in [-0.39, 0.29) is 0 Å². The first kappa shape index (κ1) is 9.03. The van der Waals surface area contributed by atoms with Crippen molar-refractivity contribution >= 4 is 22.6 Å². The van der Waals surface area contributed by atoms with Crippen molar-refractivity contribution in [3.05, 3.63) is 15.0 Å². The highest BCUT2D eigenvalue weighted by atomic mass is 127. The molecule has 0 saturated carbocycles. The molecule has 0 aliphatic carbocycles. The summed E-state index contributed by atoms with van der Waals surface area (Å²) in [5.74, 6) is 0. The van der Waals surface area contributed by atoms with Gasteiger partial charge in [-0.3, -0.25) is 4.68 Å². The average molecular weight is 264 g/mol. The number of halogens is 1. The van der Waals surface area contributed by atoms with Gasteiger partial charge in [0.25, 0.3) is 0 Å². The lowest BCUT2D eigenvalue weighted by Gasteiger charge is -2.07. The van der Waals surface area contributed by atoms with Gasteiger partial charge in [-0.15, -0.1) is 0 Å². The van der Waals surface area contributed by atoms with Gasteiger partial charge in [0.05, 0.1) is 0 Å². The van der Waals surface area contributed by atoms with Gasteiger partial charge in [0.1, 0.15) is 3.70 Å². The van der Waals surface area contributed by atoms with Crippen LogP contribution in [-0.2, 0) is 0 Å². The number of nitrogens with zero attached hydrogens (tertiary/aromatic N) is 2. The summed E-state index contributed by atoms with van der Waals surface area (Å²) in [6.07, 6.45) is 0. The molecule has 1 aromatic heterocycles. The Morgan fingerprint density at radius 3 is 2.09 bits per heavy atom. The molecular weight excluding hydrogens is 251 g/mol. The Bertz CT molecular complexity index is 263. The molecule has 0 amide bonds. The molecule has 0 N–H and O–H groups in total. The average Bonchev–Trinajstić information content (AvgIpc) is 2.17. The summed E-state index contributed by atoms with van der Waals surface area (Å²) >= 11 is 2.27. The molecule has 3 heteroatoms. The lowest BCUT2D eigenvalue weighted by atomic mass is 10.3. The van der Waals surface area contributed by atoms with E-state index in [0.717, 1.165) is 3.70 Å². The number of rotatable bonds is 1. The molecule has 0 aromatic carbocycles. The van der Waals surface area contributed by atoms with Crippen LogP contribution in [0.2, 0.25) is 0 Å². The van der Waals surface area contributed by atoms with Crippen molar-refractivity contribution in [2.45, 2.75) is 33.7 Å². The maximum atomic E-state index is 4.41. The Hall–Kier alpha value is -0.0600. The van der Waals surface area contributed by atoms with E-state index in [4.69, 9.17) is 0 Å². The maximum absolute atomic E-state index is 4.41. The lowest BCUT2D eigenvalue weighted by Crippen LogP contribution is -2.04. The van der Waals surface area contributed by atoms with Crippen molar-refractivity contribution < 1.29 is 0 Å². The van der Waals surface area contributed by atoms with Crippen LogP contribution in [0, 0.1) is 17.5 Å². The molecule has 0 unspecified atom stereocenters. The molecule has 0 saturated heterocycles. The Labute approximate surface area is 81.1 Å².